The molecule has 3 heteroatoms. The Labute approximate surface area is 82.8 Å². The van der Waals surface area contributed by atoms with E-state index in [-0.39, 0.29) is 11.1 Å². The topological polar surface area (TPSA) is 32.6 Å². The molecule has 0 radical (unpaired) electrons. The minimum atomic E-state index is 0.00728. The van der Waals surface area contributed by atoms with Crippen molar-refractivity contribution in [1.29, 1.82) is 0 Å². The van der Waals surface area contributed by atoms with Gasteiger partial charge in [0.25, 0.3) is 0 Å². The largest absolute Gasteiger partial charge is 0.410 e. The third-order valence-electron chi connectivity index (χ3n) is 1.99. The van der Waals surface area contributed by atoms with E-state index < -0.39 is 0 Å². The van der Waals surface area contributed by atoms with E-state index in [0.717, 1.165) is 12.0 Å². The summed E-state index contributed by atoms with van der Waals surface area (Å²) in [5.74, 6) is 0.00728. The fraction of sp³-hybridized carbons (Fsp3) is 0.300. The Morgan fingerprint density at radius 1 is 1.46 bits per heavy atom. The molecule has 1 aromatic rings. The SMILES string of the molecule is CCC(/C(Cl)=N/O)c1ccccc1. The number of oxime groups is 1. The molecule has 2 nitrogen and oxygen atoms in total. The molecule has 0 amide bonds. The zero-order chi connectivity index (χ0) is 9.68. The lowest BCUT2D eigenvalue weighted by molar-refractivity contribution is 0.318. The first kappa shape index (κ1) is 10.1. The van der Waals surface area contributed by atoms with Crippen LogP contribution < -0.4 is 0 Å². The van der Waals surface area contributed by atoms with Gasteiger partial charge >= 0.3 is 0 Å². The van der Waals surface area contributed by atoms with Crippen molar-refractivity contribution in [2.45, 2.75) is 19.3 Å². The summed E-state index contributed by atoms with van der Waals surface area (Å²) in [7, 11) is 0. The molecule has 0 aliphatic rings. The Hall–Kier alpha value is -1.02. The third kappa shape index (κ3) is 2.46. The minimum absolute atomic E-state index is 0.00728. The van der Waals surface area contributed by atoms with Crippen molar-refractivity contribution < 1.29 is 5.21 Å². The van der Waals surface area contributed by atoms with E-state index in [1.807, 2.05) is 37.3 Å². The van der Waals surface area contributed by atoms with Crippen LogP contribution in [0, 0.1) is 0 Å². The first-order valence-corrected chi connectivity index (χ1v) is 4.59. The molecular formula is C10H12ClNO. The van der Waals surface area contributed by atoms with E-state index >= 15 is 0 Å². The Kier molecular flexibility index (Phi) is 3.77. The second-order valence-corrected chi connectivity index (χ2v) is 3.18. The summed E-state index contributed by atoms with van der Waals surface area (Å²) < 4.78 is 0. The minimum Gasteiger partial charge on any atom is -0.410 e. The van der Waals surface area contributed by atoms with Gasteiger partial charge in [-0.1, -0.05) is 54.0 Å². The number of hydrogen-bond donors (Lipinski definition) is 1. The van der Waals surface area contributed by atoms with E-state index in [4.69, 9.17) is 16.8 Å². The molecule has 1 aromatic carbocycles. The van der Waals surface area contributed by atoms with Gasteiger partial charge in [0.2, 0.25) is 0 Å². The van der Waals surface area contributed by atoms with Crippen molar-refractivity contribution in [3.8, 4) is 0 Å². The van der Waals surface area contributed by atoms with Crippen molar-refractivity contribution in [3.05, 3.63) is 35.9 Å². The van der Waals surface area contributed by atoms with Crippen LogP contribution in [0.1, 0.15) is 24.8 Å². The van der Waals surface area contributed by atoms with Gasteiger partial charge in [-0.25, -0.2) is 0 Å². The van der Waals surface area contributed by atoms with Gasteiger partial charge in [0.05, 0.1) is 0 Å². The van der Waals surface area contributed by atoms with Crippen LogP contribution in [-0.4, -0.2) is 10.4 Å². The predicted octanol–water partition coefficient (Wildman–Crippen LogP) is 3.21. The highest BCUT2D eigenvalue weighted by molar-refractivity contribution is 6.66. The highest BCUT2D eigenvalue weighted by Gasteiger charge is 2.14. The van der Waals surface area contributed by atoms with E-state index in [1.165, 1.54) is 0 Å². The summed E-state index contributed by atoms with van der Waals surface area (Å²) in [6.07, 6.45) is 0.826. The average Bonchev–Trinajstić information content (AvgIpc) is 2.20. The van der Waals surface area contributed by atoms with Crippen molar-refractivity contribution in [1.82, 2.24) is 0 Å². The molecule has 0 aromatic heterocycles. The van der Waals surface area contributed by atoms with E-state index in [0.29, 0.717) is 0 Å². The Bertz CT molecular complexity index is 284. The maximum atomic E-state index is 8.55. The summed E-state index contributed by atoms with van der Waals surface area (Å²) >= 11 is 5.77. The van der Waals surface area contributed by atoms with E-state index in [9.17, 15) is 0 Å². The first-order chi connectivity index (χ1) is 6.29. The molecular weight excluding hydrogens is 186 g/mol. The van der Waals surface area contributed by atoms with Crippen LogP contribution in [0.2, 0.25) is 0 Å². The standard InChI is InChI=1S/C10H12ClNO/c1-2-9(10(11)12-13)8-6-4-3-5-7-8/h3-7,9,13H,2H2,1H3/b12-10-. The Morgan fingerprint density at radius 3 is 2.54 bits per heavy atom. The summed E-state index contributed by atoms with van der Waals surface area (Å²) in [6, 6.07) is 9.78. The molecule has 0 heterocycles. The van der Waals surface area contributed by atoms with Gasteiger partial charge in [0.15, 0.2) is 5.17 Å². The molecule has 1 rings (SSSR count). The molecule has 0 saturated carbocycles. The van der Waals surface area contributed by atoms with Crippen LogP contribution in [0.4, 0.5) is 0 Å². The molecule has 1 unspecified atom stereocenters. The molecule has 13 heavy (non-hydrogen) atoms. The highest BCUT2D eigenvalue weighted by atomic mass is 35.5. The molecule has 0 aliphatic heterocycles. The maximum absolute atomic E-state index is 8.55. The molecule has 0 bridgehead atoms. The average molecular weight is 198 g/mol. The van der Waals surface area contributed by atoms with Gasteiger partial charge in [-0.15, -0.1) is 0 Å². The lowest BCUT2D eigenvalue weighted by Gasteiger charge is -2.11. The molecule has 1 atom stereocenters. The Balaban J connectivity index is 2.91. The van der Waals surface area contributed by atoms with Crippen molar-refractivity contribution in [2.75, 3.05) is 0 Å². The predicted molar refractivity (Wildman–Crippen MR) is 54.5 cm³/mol. The number of benzene rings is 1. The smallest absolute Gasteiger partial charge is 0.152 e. The first-order valence-electron chi connectivity index (χ1n) is 4.22. The van der Waals surface area contributed by atoms with Crippen LogP contribution in [-0.2, 0) is 0 Å². The van der Waals surface area contributed by atoms with Gasteiger partial charge in [-0.3, -0.25) is 0 Å². The normalized spacial score (nSPS) is 14.2. The van der Waals surface area contributed by atoms with E-state index in [2.05, 4.69) is 5.16 Å². The number of hydrogen-bond acceptors (Lipinski definition) is 2. The zero-order valence-corrected chi connectivity index (χ0v) is 8.20. The van der Waals surface area contributed by atoms with Gasteiger partial charge in [0.1, 0.15) is 0 Å². The van der Waals surface area contributed by atoms with Crippen molar-refractivity contribution in [2.24, 2.45) is 5.16 Å². The molecule has 0 fully saturated rings. The second-order valence-electron chi connectivity index (χ2n) is 2.79. The fourth-order valence-electron chi connectivity index (χ4n) is 1.30. The number of nitrogens with zero attached hydrogens (tertiary/aromatic N) is 1. The van der Waals surface area contributed by atoms with Gasteiger partial charge in [0, 0.05) is 5.92 Å². The highest BCUT2D eigenvalue weighted by Crippen LogP contribution is 2.22. The molecule has 0 aliphatic carbocycles. The molecule has 0 spiro atoms. The Morgan fingerprint density at radius 2 is 2.08 bits per heavy atom. The zero-order valence-electron chi connectivity index (χ0n) is 7.44. The lowest BCUT2D eigenvalue weighted by atomic mass is 9.98. The summed E-state index contributed by atoms with van der Waals surface area (Å²) in [5.41, 5.74) is 1.08. The molecule has 1 N–H and O–H groups in total. The van der Waals surface area contributed by atoms with Gasteiger partial charge < -0.3 is 5.21 Å². The number of halogens is 1. The van der Waals surface area contributed by atoms with Crippen molar-refractivity contribution in [3.63, 3.8) is 0 Å². The van der Waals surface area contributed by atoms with E-state index in [1.54, 1.807) is 0 Å². The second kappa shape index (κ2) is 4.87. The maximum Gasteiger partial charge on any atom is 0.152 e. The van der Waals surface area contributed by atoms with Gasteiger partial charge in [-0.05, 0) is 12.0 Å². The van der Waals surface area contributed by atoms with Crippen LogP contribution in [0.15, 0.2) is 35.5 Å². The quantitative estimate of drug-likeness (QED) is 0.451. The van der Waals surface area contributed by atoms with Crippen LogP contribution in [0.25, 0.3) is 0 Å². The van der Waals surface area contributed by atoms with Crippen LogP contribution >= 0.6 is 11.6 Å². The number of rotatable bonds is 3. The monoisotopic (exact) mass is 197 g/mol. The van der Waals surface area contributed by atoms with Crippen LogP contribution in [0.5, 0.6) is 0 Å². The van der Waals surface area contributed by atoms with Crippen LogP contribution in [0.3, 0.4) is 0 Å². The summed E-state index contributed by atoms with van der Waals surface area (Å²) in [4.78, 5) is 0. The molecule has 0 saturated heterocycles. The fourth-order valence-corrected chi connectivity index (χ4v) is 1.58. The third-order valence-corrected chi connectivity index (χ3v) is 2.33. The van der Waals surface area contributed by atoms with Crippen molar-refractivity contribution >= 4 is 16.8 Å². The summed E-state index contributed by atoms with van der Waals surface area (Å²) in [5, 5.41) is 11.8. The lowest BCUT2D eigenvalue weighted by Crippen LogP contribution is -2.05. The summed E-state index contributed by atoms with van der Waals surface area (Å²) in [6.45, 7) is 2.01. The molecule has 70 valence electrons. The van der Waals surface area contributed by atoms with Gasteiger partial charge in [-0.2, -0.15) is 0 Å².